The Morgan fingerprint density at radius 2 is 1.60 bits per heavy atom. The summed E-state index contributed by atoms with van der Waals surface area (Å²) < 4.78 is 2.18. The molecular formula is C16H20N2OSi. The first-order chi connectivity index (χ1) is 9.45. The zero-order valence-electron chi connectivity index (χ0n) is 12.2. The average Bonchev–Trinajstić information content (AvgIpc) is 2.40. The van der Waals surface area contributed by atoms with Crippen molar-refractivity contribution in [3.63, 3.8) is 0 Å². The molecule has 1 aromatic rings. The van der Waals surface area contributed by atoms with Gasteiger partial charge >= 0.3 is 0 Å². The lowest BCUT2D eigenvalue weighted by Gasteiger charge is -2.32. The Hall–Kier alpha value is -1.94. The molecule has 0 saturated carbocycles. The molecule has 0 heterocycles. The fraction of sp³-hybridized carbons (Fsp3) is 0.250. The lowest BCUT2D eigenvalue weighted by molar-refractivity contribution is -0.110. The van der Waals surface area contributed by atoms with Gasteiger partial charge in [-0.05, 0) is 29.9 Å². The molecule has 4 heteroatoms. The highest BCUT2D eigenvalue weighted by Crippen LogP contribution is 2.16. The fourth-order valence-electron chi connectivity index (χ4n) is 1.83. The highest BCUT2D eigenvalue weighted by Gasteiger charge is 2.23. The second-order valence-electron chi connectivity index (χ2n) is 5.81. The maximum absolute atomic E-state index is 11.1. The van der Waals surface area contributed by atoms with Gasteiger partial charge in [0.1, 0.15) is 0 Å². The van der Waals surface area contributed by atoms with Crippen LogP contribution in [0, 0.1) is 0 Å². The lowest BCUT2D eigenvalue weighted by Crippen LogP contribution is -2.42. The molecule has 2 rings (SSSR count). The minimum Gasteiger partial charge on any atom is -0.320 e. The Balaban J connectivity index is 2.21. The lowest BCUT2D eigenvalue weighted by atomic mass is 10.2. The van der Waals surface area contributed by atoms with Crippen molar-refractivity contribution in [2.45, 2.75) is 26.2 Å². The smallest absolute Gasteiger partial charge is 0.178 e. The molecular weight excluding hydrogens is 264 g/mol. The van der Waals surface area contributed by atoms with Crippen LogP contribution in [0.5, 0.6) is 0 Å². The van der Waals surface area contributed by atoms with E-state index in [4.69, 9.17) is 5.10 Å². The summed E-state index contributed by atoms with van der Waals surface area (Å²) in [5.41, 5.74) is 2.09. The molecule has 0 fully saturated rings. The van der Waals surface area contributed by atoms with E-state index in [9.17, 15) is 4.79 Å². The summed E-state index contributed by atoms with van der Waals surface area (Å²) in [6, 6.07) is 10.3. The Labute approximate surface area is 121 Å². The van der Waals surface area contributed by atoms with Crippen LogP contribution in [0.2, 0.25) is 19.6 Å². The van der Waals surface area contributed by atoms with Crippen molar-refractivity contribution in [2.75, 3.05) is 0 Å². The van der Waals surface area contributed by atoms with E-state index in [-0.39, 0.29) is 5.78 Å². The van der Waals surface area contributed by atoms with Gasteiger partial charge in [-0.1, -0.05) is 50.0 Å². The first kappa shape index (κ1) is 14.5. The van der Waals surface area contributed by atoms with Crippen molar-refractivity contribution < 1.29 is 4.79 Å². The summed E-state index contributed by atoms with van der Waals surface area (Å²) in [5, 5.41) is 4.72. The quantitative estimate of drug-likeness (QED) is 0.482. The molecule has 3 nitrogen and oxygen atoms in total. The maximum Gasteiger partial charge on any atom is 0.178 e. The number of nitrogens with zero attached hydrogens (tertiary/aromatic N) is 2. The summed E-state index contributed by atoms with van der Waals surface area (Å²) >= 11 is 0. The molecule has 0 bridgehead atoms. The van der Waals surface area contributed by atoms with Crippen molar-refractivity contribution in [3.8, 4) is 0 Å². The van der Waals surface area contributed by atoms with E-state index in [2.05, 4.69) is 36.4 Å². The largest absolute Gasteiger partial charge is 0.320 e. The summed E-state index contributed by atoms with van der Waals surface area (Å²) in [5.74, 6) is 0.0200. The molecule has 1 aromatic carbocycles. The number of hydrogen-bond acceptors (Lipinski definition) is 3. The monoisotopic (exact) mass is 284 g/mol. The third-order valence-corrected chi connectivity index (χ3v) is 4.83. The Kier molecular flexibility index (Phi) is 4.34. The standard InChI is InChI=1S/C16H20N2OSi/c1-20(2,3)18(13-14-7-5-4-6-8-14)17-15-9-11-16(19)12-10-15/h4-12H,13H2,1-3H3. The fourth-order valence-corrected chi connectivity index (χ4v) is 2.90. The predicted octanol–water partition coefficient (Wildman–Crippen LogP) is 3.37. The minimum absolute atomic E-state index is 0.0200. The summed E-state index contributed by atoms with van der Waals surface area (Å²) in [6.45, 7) is 7.60. The number of carbonyl (C=O) groups excluding carboxylic acids is 1. The molecule has 0 spiro atoms. The number of hydrogen-bond donors (Lipinski definition) is 0. The molecule has 0 radical (unpaired) electrons. The van der Waals surface area contributed by atoms with Crippen LogP contribution in [0.3, 0.4) is 0 Å². The molecule has 0 amide bonds. The van der Waals surface area contributed by atoms with Gasteiger partial charge in [0.05, 0.1) is 12.3 Å². The Bertz CT molecular complexity index is 550. The molecule has 0 aromatic heterocycles. The van der Waals surface area contributed by atoms with Gasteiger partial charge in [0.2, 0.25) is 0 Å². The molecule has 0 aliphatic heterocycles. The van der Waals surface area contributed by atoms with E-state index in [0.29, 0.717) is 0 Å². The van der Waals surface area contributed by atoms with E-state index in [0.717, 1.165) is 12.3 Å². The van der Waals surface area contributed by atoms with Gasteiger partial charge in [-0.25, -0.2) is 0 Å². The van der Waals surface area contributed by atoms with Gasteiger partial charge in [0.15, 0.2) is 14.0 Å². The zero-order chi connectivity index (χ0) is 14.6. The van der Waals surface area contributed by atoms with Crippen molar-refractivity contribution in [3.05, 3.63) is 60.2 Å². The second-order valence-corrected chi connectivity index (χ2v) is 10.7. The molecule has 0 N–H and O–H groups in total. The SMILES string of the molecule is C[Si](C)(C)N(Cc1ccccc1)N=C1C=CC(=O)C=C1. The highest BCUT2D eigenvalue weighted by molar-refractivity contribution is 6.73. The van der Waals surface area contributed by atoms with Gasteiger partial charge in [-0.3, -0.25) is 4.79 Å². The third-order valence-electron chi connectivity index (χ3n) is 3.02. The third kappa shape index (κ3) is 4.03. The normalized spacial score (nSPS) is 14.6. The van der Waals surface area contributed by atoms with Gasteiger partial charge in [-0.15, -0.1) is 0 Å². The van der Waals surface area contributed by atoms with Crippen molar-refractivity contribution in [2.24, 2.45) is 5.10 Å². The molecule has 0 saturated heterocycles. The Morgan fingerprint density at radius 3 is 2.15 bits per heavy atom. The van der Waals surface area contributed by atoms with E-state index in [1.54, 1.807) is 24.3 Å². The van der Waals surface area contributed by atoms with Crippen LogP contribution >= 0.6 is 0 Å². The van der Waals surface area contributed by atoms with Gasteiger partial charge in [0.25, 0.3) is 0 Å². The van der Waals surface area contributed by atoms with E-state index in [1.165, 1.54) is 5.56 Å². The van der Waals surface area contributed by atoms with Crippen LogP contribution < -0.4 is 0 Å². The minimum atomic E-state index is -1.58. The van der Waals surface area contributed by atoms with Gasteiger partial charge in [0, 0.05) is 0 Å². The summed E-state index contributed by atoms with van der Waals surface area (Å²) in [7, 11) is -1.58. The Morgan fingerprint density at radius 1 is 1.00 bits per heavy atom. The first-order valence-corrected chi connectivity index (χ1v) is 10.2. The topological polar surface area (TPSA) is 32.7 Å². The van der Waals surface area contributed by atoms with Crippen LogP contribution in [-0.4, -0.2) is 24.4 Å². The van der Waals surface area contributed by atoms with Crippen molar-refractivity contribution in [1.82, 2.24) is 4.67 Å². The number of carbonyl (C=O) groups is 1. The van der Waals surface area contributed by atoms with Crippen LogP contribution in [0.4, 0.5) is 0 Å². The number of benzene rings is 1. The maximum atomic E-state index is 11.1. The number of ketones is 1. The average molecular weight is 284 g/mol. The van der Waals surface area contributed by atoms with Gasteiger partial charge < -0.3 is 4.67 Å². The highest BCUT2D eigenvalue weighted by atomic mass is 28.3. The second kappa shape index (κ2) is 6.01. The van der Waals surface area contributed by atoms with Crippen molar-refractivity contribution in [1.29, 1.82) is 0 Å². The van der Waals surface area contributed by atoms with E-state index >= 15 is 0 Å². The van der Waals surface area contributed by atoms with Crippen LogP contribution in [0.1, 0.15) is 5.56 Å². The number of rotatable bonds is 4. The van der Waals surface area contributed by atoms with Crippen LogP contribution in [-0.2, 0) is 11.3 Å². The van der Waals surface area contributed by atoms with E-state index in [1.807, 2.05) is 18.2 Å². The first-order valence-electron chi connectivity index (χ1n) is 6.75. The molecule has 0 atom stereocenters. The zero-order valence-corrected chi connectivity index (χ0v) is 13.2. The van der Waals surface area contributed by atoms with E-state index < -0.39 is 8.24 Å². The number of hydrazone groups is 1. The number of allylic oxidation sites excluding steroid dienone is 4. The van der Waals surface area contributed by atoms with Crippen molar-refractivity contribution >= 4 is 19.7 Å². The van der Waals surface area contributed by atoms with Gasteiger partial charge in [-0.2, -0.15) is 5.10 Å². The predicted molar refractivity (Wildman–Crippen MR) is 86.1 cm³/mol. The molecule has 0 unspecified atom stereocenters. The van der Waals surface area contributed by atoms with Crippen LogP contribution in [0.15, 0.2) is 59.7 Å². The molecule has 104 valence electrons. The van der Waals surface area contributed by atoms with Crippen LogP contribution in [0.25, 0.3) is 0 Å². The summed E-state index contributed by atoms with van der Waals surface area (Å²) in [6.07, 6.45) is 6.68. The summed E-state index contributed by atoms with van der Waals surface area (Å²) in [4.78, 5) is 11.1. The molecule has 1 aliphatic carbocycles. The molecule has 20 heavy (non-hydrogen) atoms. The molecule has 1 aliphatic rings.